The third-order valence-electron chi connectivity index (χ3n) is 1.99. The summed E-state index contributed by atoms with van der Waals surface area (Å²) >= 11 is 0. The van der Waals surface area contributed by atoms with Crippen LogP contribution in [0.4, 0.5) is 8.78 Å². The Hall–Kier alpha value is -1.67. The normalized spacial score (nSPS) is 12.2. The molecular formula is C12H14F2N2O. The Labute approximate surface area is 99.0 Å². The van der Waals surface area contributed by atoms with Gasteiger partial charge in [0, 0.05) is 12.1 Å². The Balaban J connectivity index is 2.57. The SMILES string of the molecule is CC(C)NC(C#N)COc1ccc(F)cc1F. The molecule has 17 heavy (non-hydrogen) atoms. The number of halogens is 2. The van der Waals surface area contributed by atoms with Gasteiger partial charge in [0.15, 0.2) is 11.6 Å². The van der Waals surface area contributed by atoms with E-state index in [9.17, 15) is 8.78 Å². The van der Waals surface area contributed by atoms with E-state index in [1.807, 2.05) is 19.9 Å². The van der Waals surface area contributed by atoms with Gasteiger partial charge < -0.3 is 4.74 Å². The number of nitrogens with one attached hydrogen (secondary N) is 1. The van der Waals surface area contributed by atoms with E-state index in [-0.39, 0.29) is 18.4 Å². The van der Waals surface area contributed by atoms with E-state index in [1.165, 1.54) is 6.07 Å². The highest BCUT2D eigenvalue weighted by Gasteiger charge is 2.11. The van der Waals surface area contributed by atoms with Crippen molar-refractivity contribution in [1.29, 1.82) is 5.26 Å². The largest absolute Gasteiger partial charge is 0.488 e. The van der Waals surface area contributed by atoms with Crippen LogP contribution >= 0.6 is 0 Å². The number of hydrogen-bond donors (Lipinski definition) is 1. The molecule has 0 heterocycles. The Bertz CT molecular complexity index is 415. The van der Waals surface area contributed by atoms with Crippen molar-refractivity contribution in [3.63, 3.8) is 0 Å². The quantitative estimate of drug-likeness (QED) is 0.858. The van der Waals surface area contributed by atoms with Crippen molar-refractivity contribution in [1.82, 2.24) is 5.32 Å². The fourth-order valence-electron chi connectivity index (χ4n) is 1.29. The fraction of sp³-hybridized carbons (Fsp3) is 0.417. The summed E-state index contributed by atoms with van der Waals surface area (Å²) in [4.78, 5) is 0. The second-order valence-electron chi connectivity index (χ2n) is 3.89. The second kappa shape index (κ2) is 6.16. The van der Waals surface area contributed by atoms with Gasteiger partial charge >= 0.3 is 0 Å². The van der Waals surface area contributed by atoms with Crippen molar-refractivity contribution in [3.05, 3.63) is 29.8 Å². The first-order valence-corrected chi connectivity index (χ1v) is 5.26. The molecule has 1 atom stereocenters. The molecule has 0 aromatic heterocycles. The third-order valence-corrected chi connectivity index (χ3v) is 1.99. The van der Waals surface area contributed by atoms with Gasteiger partial charge in [-0.1, -0.05) is 0 Å². The Kier molecular flexibility index (Phi) is 4.85. The van der Waals surface area contributed by atoms with Crippen LogP contribution in [0.2, 0.25) is 0 Å². The van der Waals surface area contributed by atoms with Crippen LogP contribution in [0.3, 0.4) is 0 Å². The molecule has 0 spiro atoms. The molecule has 1 unspecified atom stereocenters. The molecule has 1 aromatic carbocycles. The van der Waals surface area contributed by atoms with Gasteiger partial charge in [0.2, 0.25) is 0 Å². The number of nitriles is 1. The fourth-order valence-corrected chi connectivity index (χ4v) is 1.29. The van der Waals surface area contributed by atoms with E-state index >= 15 is 0 Å². The topological polar surface area (TPSA) is 45.0 Å². The van der Waals surface area contributed by atoms with Crippen molar-refractivity contribution in [2.45, 2.75) is 25.9 Å². The van der Waals surface area contributed by atoms with Gasteiger partial charge in [0.05, 0.1) is 6.07 Å². The zero-order valence-corrected chi connectivity index (χ0v) is 9.71. The van der Waals surface area contributed by atoms with Crippen LogP contribution in [-0.2, 0) is 0 Å². The lowest BCUT2D eigenvalue weighted by Crippen LogP contribution is -2.38. The van der Waals surface area contributed by atoms with E-state index in [1.54, 1.807) is 0 Å². The Morgan fingerprint density at radius 2 is 2.12 bits per heavy atom. The van der Waals surface area contributed by atoms with E-state index in [2.05, 4.69) is 5.32 Å². The maximum absolute atomic E-state index is 13.2. The maximum atomic E-state index is 13.2. The molecule has 0 fully saturated rings. The third kappa shape index (κ3) is 4.37. The summed E-state index contributed by atoms with van der Waals surface area (Å²) in [7, 11) is 0. The first-order chi connectivity index (χ1) is 8.02. The summed E-state index contributed by atoms with van der Waals surface area (Å²) in [6, 6.07) is 4.65. The molecule has 92 valence electrons. The van der Waals surface area contributed by atoms with Gasteiger partial charge in [-0.3, -0.25) is 5.32 Å². The molecular weight excluding hydrogens is 226 g/mol. The molecule has 0 saturated carbocycles. The predicted molar refractivity (Wildman–Crippen MR) is 59.5 cm³/mol. The van der Waals surface area contributed by atoms with Crippen molar-refractivity contribution >= 4 is 0 Å². The molecule has 1 rings (SSSR count). The van der Waals surface area contributed by atoms with Crippen LogP contribution in [0, 0.1) is 23.0 Å². The number of nitrogens with zero attached hydrogens (tertiary/aromatic N) is 1. The number of hydrogen-bond acceptors (Lipinski definition) is 3. The van der Waals surface area contributed by atoms with Crippen molar-refractivity contribution in [2.24, 2.45) is 0 Å². The van der Waals surface area contributed by atoms with E-state index < -0.39 is 17.7 Å². The van der Waals surface area contributed by atoms with E-state index in [4.69, 9.17) is 10.00 Å². The molecule has 0 aliphatic heterocycles. The van der Waals surface area contributed by atoms with Gasteiger partial charge in [-0.25, -0.2) is 8.78 Å². The van der Waals surface area contributed by atoms with Gasteiger partial charge in [0.1, 0.15) is 18.5 Å². The summed E-state index contributed by atoms with van der Waals surface area (Å²) in [5.41, 5.74) is 0. The summed E-state index contributed by atoms with van der Waals surface area (Å²) in [6.45, 7) is 3.79. The molecule has 0 aliphatic rings. The smallest absolute Gasteiger partial charge is 0.167 e. The van der Waals surface area contributed by atoms with E-state index in [0.717, 1.165) is 12.1 Å². The zero-order chi connectivity index (χ0) is 12.8. The summed E-state index contributed by atoms with van der Waals surface area (Å²) in [5, 5.41) is 11.8. The summed E-state index contributed by atoms with van der Waals surface area (Å²) < 4.78 is 30.9. The molecule has 0 radical (unpaired) electrons. The highest BCUT2D eigenvalue weighted by molar-refractivity contribution is 5.24. The standard InChI is InChI=1S/C12H14F2N2O/c1-8(2)16-10(6-15)7-17-12-4-3-9(13)5-11(12)14/h3-5,8,10,16H,7H2,1-2H3. The van der Waals surface area contributed by atoms with Crippen LogP contribution in [0.25, 0.3) is 0 Å². The van der Waals surface area contributed by atoms with Gasteiger partial charge in [-0.15, -0.1) is 0 Å². The molecule has 0 bridgehead atoms. The van der Waals surface area contributed by atoms with Crippen LogP contribution in [0.5, 0.6) is 5.75 Å². The first kappa shape index (κ1) is 13.4. The number of rotatable bonds is 5. The lowest BCUT2D eigenvalue weighted by molar-refractivity contribution is 0.270. The number of ether oxygens (including phenoxy) is 1. The van der Waals surface area contributed by atoms with Crippen LogP contribution in [0.15, 0.2) is 18.2 Å². The zero-order valence-electron chi connectivity index (χ0n) is 9.71. The molecule has 0 aliphatic carbocycles. The average molecular weight is 240 g/mol. The second-order valence-corrected chi connectivity index (χ2v) is 3.89. The molecule has 0 saturated heterocycles. The summed E-state index contributed by atoms with van der Waals surface area (Å²) in [5.74, 6) is -1.49. The van der Waals surface area contributed by atoms with Crippen molar-refractivity contribution < 1.29 is 13.5 Å². The van der Waals surface area contributed by atoms with Gasteiger partial charge in [-0.05, 0) is 26.0 Å². The molecule has 0 amide bonds. The molecule has 5 heteroatoms. The average Bonchev–Trinajstić information content (AvgIpc) is 2.25. The minimum Gasteiger partial charge on any atom is -0.488 e. The lowest BCUT2D eigenvalue weighted by Gasteiger charge is -2.15. The minimum atomic E-state index is -0.772. The molecule has 3 nitrogen and oxygen atoms in total. The highest BCUT2D eigenvalue weighted by Crippen LogP contribution is 2.17. The van der Waals surface area contributed by atoms with Crippen molar-refractivity contribution in [2.75, 3.05) is 6.61 Å². The Morgan fingerprint density at radius 1 is 1.41 bits per heavy atom. The lowest BCUT2D eigenvalue weighted by atomic mass is 10.3. The molecule has 1 N–H and O–H groups in total. The van der Waals surface area contributed by atoms with Gasteiger partial charge in [-0.2, -0.15) is 5.26 Å². The minimum absolute atomic E-state index is 0.0111. The maximum Gasteiger partial charge on any atom is 0.167 e. The Morgan fingerprint density at radius 3 is 2.65 bits per heavy atom. The monoisotopic (exact) mass is 240 g/mol. The van der Waals surface area contributed by atoms with Crippen LogP contribution in [-0.4, -0.2) is 18.7 Å². The van der Waals surface area contributed by atoms with Gasteiger partial charge in [0.25, 0.3) is 0 Å². The predicted octanol–water partition coefficient (Wildman–Crippen LogP) is 2.23. The number of benzene rings is 1. The first-order valence-electron chi connectivity index (χ1n) is 5.26. The van der Waals surface area contributed by atoms with Crippen molar-refractivity contribution in [3.8, 4) is 11.8 Å². The summed E-state index contributed by atoms with van der Waals surface area (Å²) in [6.07, 6.45) is 0. The van der Waals surface area contributed by atoms with E-state index in [0.29, 0.717) is 0 Å². The van der Waals surface area contributed by atoms with Crippen LogP contribution in [0.1, 0.15) is 13.8 Å². The van der Waals surface area contributed by atoms with Crippen LogP contribution < -0.4 is 10.1 Å². The highest BCUT2D eigenvalue weighted by atomic mass is 19.1. The molecule has 1 aromatic rings.